The van der Waals surface area contributed by atoms with Crippen molar-refractivity contribution in [3.05, 3.63) is 27.9 Å². The molecule has 0 amide bonds. The average Bonchev–Trinajstić information content (AvgIpc) is 2.34. The molecule has 0 aliphatic carbocycles. The molecule has 1 heterocycles. The van der Waals surface area contributed by atoms with E-state index in [1.165, 1.54) is 6.07 Å². The van der Waals surface area contributed by atoms with E-state index in [4.69, 9.17) is 5.11 Å². The topological polar surface area (TPSA) is 96.6 Å². The Bertz CT molecular complexity index is 490. The van der Waals surface area contributed by atoms with E-state index >= 15 is 0 Å². The highest BCUT2D eigenvalue weighted by molar-refractivity contribution is 5.70. The van der Waals surface area contributed by atoms with Crippen LogP contribution in [0.25, 0.3) is 0 Å². The van der Waals surface area contributed by atoms with Crippen LogP contribution in [0.2, 0.25) is 0 Å². The zero-order valence-corrected chi connectivity index (χ0v) is 11.2. The number of aryl methyl sites for hydroxylation is 1. The second-order valence-corrected chi connectivity index (χ2v) is 4.31. The molecule has 0 radical (unpaired) electrons. The lowest BCUT2D eigenvalue weighted by molar-refractivity contribution is -0.385. The molecule has 0 aliphatic rings. The van der Waals surface area contributed by atoms with E-state index < -0.39 is 16.8 Å². The number of nitro groups is 1. The summed E-state index contributed by atoms with van der Waals surface area (Å²) in [7, 11) is 0. The molecule has 1 rings (SSSR count). The predicted molar refractivity (Wildman–Crippen MR) is 70.3 cm³/mol. The SMILES string of the molecule is CCN(CC(C)C(=O)O)c1ccc([N+](=O)[O-])c(C)n1. The van der Waals surface area contributed by atoms with Gasteiger partial charge in [0.25, 0.3) is 5.69 Å². The first-order chi connectivity index (χ1) is 8.86. The normalized spacial score (nSPS) is 11.9. The van der Waals surface area contributed by atoms with Crippen LogP contribution in [0.4, 0.5) is 11.5 Å². The van der Waals surface area contributed by atoms with Crippen molar-refractivity contribution in [2.24, 2.45) is 5.92 Å². The smallest absolute Gasteiger partial charge is 0.308 e. The number of carboxylic acids is 1. The molecule has 0 aromatic carbocycles. The number of rotatable bonds is 6. The summed E-state index contributed by atoms with van der Waals surface area (Å²) in [6, 6.07) is 2.94. The van der Waals surface area contributed by atoms with Gasteiger partial charge in [-0.25, -0.2) is 4.98 Å². The number of carboxylic acid groups (broad SMARTS) is 1. The first kappa shape index (κ1) is 14.9. The number of hydrogen-bond acceptors (Lipinski definition) is 5. The molecule has 7 heteroatoms. The molecule has 1 atom stereocenters. The monoisotopic (exact) mass is 267 g/mol. The molecule has 0 saturated heterocycles. The van der Waals surface area contributed by atoms with E-state index in [2.05, 4.69) is 4.98 Å². The molecule has 0 bridgehead atoms. The Morgan fingerprint density at radius 3 is 2.63 bits per heavy atom. The van der Waals surface area contributed by atoms with Crippen molar-refractivity contribution in [2.75, 3.05) is 18.0 Å². The minimum atomic E-state index is -0.878. The van der Waals surface area contributed by atoms with Crippen molar-refractivity contribution in [2.45, 2.75) is 20.8 Å². The summed E-state index contributed by atoms with van der Waals surface area (Å²) in [5, 5.41) is 19.6. The van der Waals surface area contributed by atoms with Gasteiger partial charge in [-0.2, -0.15) is 0 Å². The molecule has 1 aromatic rings. The third-order valence-corrected chi connectivity index (χ3v) is 2.86. The largest absolute Gasteiger partial charge is 0.481 e. The second-order valence-electron chi connectivity index (χ2n) is 4.31. The lowest BCUT2D eigenvalue weighted by Gasteiger charge is -2.24. The molecule has 7 nitrogen and oxygen atoms in total. The molecule has 104 valence electrons. The summed E-state index contributed by atoms with van der Waals surface area (Å²) in [6.07, 6.45) is 0. The van der Waals surface area contributed by atoms with Crippen LogP contribution in [0.5, 0.6) is 0 Å². The van der Waals surface area contributed by atoms with Crippen LogP contribution in [0.15, 0.2) is 12.1 Å². The molecule has 0 spiro atoms. The highest BCUT2D eigenvalue weighted by Gasteiger charge is 2.18. The van der Waals surface area contributed by atoms with Gasteiger partial charge in [-0.1, -0.05) is 6.92 Å². The van der Waals surface area contributed by atoms with Crippen molar-refractivity contribution in [3.63, 3.8) is 0 Å². The maximum atomic E-state index is 10.9. The average molecular weight is 267 g/mol. The van der Waals surface area contributed by atoms with E-state index in [-0.39, 0.29) is 5.69 Å². The maximum Gasteiger partial charge on any atom is 0.308 e. The van der Waals surface area contributed by atoms with Crippen molar-refractivity contribution < 1.29 is 14.8 Å². The number of carbonyl (C=O) groups is 1. The lowest BCUT2D eigenvalue weighted by Crippen LogP contribution is -2.32. The van der Waals surface area contributed by atoms with E-state index in [0.717, 1.165) is 0 Å². The second kappa shape index (κ2) is 6.12. The van der Waals surface area contributed by atoms with Gasteiger partial charge in [0.05, 0.1) is 10.8 Å². The Balaban J connectivity index is 2.96. The Morgan fingerprint density at radius 2 is 2.21 bits per heavy atom. The van der Waals surface area contributed by atoms with Gasteiger partial charge < -0.3 is 10.0 Å². The number of pyridine rings is 1. The highest BCUT2D eigenvalue weighted by atomic mass is 16.6. The zero-order chi connectivity index (χ0) is 14.6. The van der Waals surface area contributed by atoms with E-state index in [0.29, 0.717) is 24.6 Å². The fraction of sp³-hybridized carbons (Fsp3) is 0.500. The van der Waals surface area contributed by atoms with Gasteiger partial charge in [-0.05, 0) is 19.9 Å². The molecule has 0 fully saturated rings. The first-order valence-corrected chi connectivity index (χ1v) is 5.96. The Morgan fingerprint density at radius 1 is 1.58 bits per heavy atom. The van der Waals surface area contributed by atoms with Crippen LogP contribution in [0.3, 0.4) is 0 Å². The van der Waals surface area contributed by atoms with Crippen LogP contribution in [0, 0.1) is 23.0 Å². The van der Waals surface area contributed by atoms with Gasteiger partial charge >= 0.3 is 5.97 Å². The molecular formula is C12H17N3O4. The number of anilines is 1. The number of hydrogen-bond donors (Lipinski definition) is 1. The van der Waals surface area contributed by atoms with E-state index in [1.807, 2.05) is 6.92 Å². The minimum Gasteiger partial charge on any atom is -0.481 e. The third kappa shape index (κ3) is 3.64. The van der Waals surface area contributed by atoms with Gasteiger partial charge in [-0.3, -0.25) is 14.9 Å². The first-order valence-electron chi connectivity index (χ1n) is 5.96. The lowest BCUT2D eigenvalue weighted by atomic mass is 10.1. The predicted octanol–water partition coefficient (Wildman–Crippen LogP) is 1.85. The van der Waals surface area contributed by atoms with Crippen molar-refractivity contribution >= 4 is 17.5 Å². The van der Waals surface area contributed by atoms with E-state index in [1.54, 1.807) is 24.8 Å². The molecule has 1 N–H and O–H groups in total. The zero-order valence-electron chi connectivity index (χ0n) is 11.2. The molecular weight excluding hydrogens is 250 g/mol. The fourth-order valence-electron chi connectivity index (χ4n) is 1.70. The summed E-state index contributed by atoms with van der Waals surface area (Å²) < 4.78 is 0. The quantitative estimate of drug-likeness (QED) is 0.624. The summed E-state index contributed by atoms with van der Waals surface area (Å²) in [5.41, 5.74) is 0.287. The minimum absolute atomic E-state index is 0.0360. The molecule has 1 unspecified atom stereocenters. The fourth-order valence-corrected chi connectivity index (χ4v) is 1.70. The van der Waals surface area contributed by atoms with Crippen LogP contribution >= 0.6 is 0 Å². The van der Waals surface area contributed by atoms with Gasteiger partial charge in [0.15, 0.2) is 0 Å². The van der Waals surface area contributed by atoms with E-state index in [9.17, 15) is 14.9 Å². The van der Waals surface area contributed by atoms with Crippen LogP contribution in [0.1, 0.15) is 19.5 Å². The van der Waals surface area contributed by atoms with Gasteiger partial charge in [0.1, 0.15) is 11.5 Å². The van der Waals surface area contributed by atoms with Gasteiger partial charge in [0.2, 0.25) is 0 Å². The standard InChI is InChI=1S/C12H17N3O4/c1-4-14(7-8(2)12(16)17)11-6-5-10(15(18)19)9(3)13-11/h5-6,8H,4,7H2,1-3H3,(H,16,17). The van der Waals surface area contributed by atoms with Crippen LogP contribution < -0.4 is 4.90 Å². The molecule has 0 saturated carbocycles. The summed E-state index contributed by atoms with van der Waals surface area (Å²) in [4.78, 5) is 27.0. The summed E-state index contributed by atoms with van der Waals surface area (Å²) >= 11 is 0. The summed E-state index contributed by atoms with van der Waals surface area (Å²) in [5.74, 6) is -0.854. The Hall–Kier alpha value is -2.18. The Kier molecular flexibility index (Phi) is 4.80. The van der Waals surface area contributed by atoms with Crippen LogP contribution in [-0.2, 0) is 4.79 Å². The van der Waals surface area contributed by atoms with Crippen LogP contribution in [-0.4, -0.2) is 34.1 Å². The third-order valence-electron chi connectivity index (χ3n) is 2.86. The number of aliphatic carboxylic acids is 1. The molecule has 1 aromatic heterocycles. The highest BCUT2D eigenvalue weighted by Crippen LogP contribution is 2.21. The Labute approximate surface area is 111 Å². The number of aromatic nitrogens is 1. The molecule has 19 heavy (non-hydrogen) atoms. The molecule has 0 aliphatic heterocycles. The maximum absolute atomic E-state index is 10.9. The van der Waals surface area contributed by atoms with Crippen molar-refractivity contribution in [3.8, 4) is 0 Å². The number of nitrogens with zero attached hydrogens (tertiary/aromatic N) is 3. The van der Waals surface area contributed by atoms with Gasteiger partial charge in [-0.15, -0.1) is 0 Å². The van der Waals surface area contributed by atoms with Crippen molar-refractivity contribution in [1.29, 1.82) is 0 Å². The van der Waals surface area contributed by atoms with Gasteiger partial charge in [0, 0.05) is 19.2 Å². The van der Waals surface area contributed by atoms with Crippen molar-refractivity contribution in [1.82, 2.24) is 4.98 Å². The summed E-state index contributed by atoms with van der Waals surface area (Å²) in [6.45, 7) is 5.96.